The first-order chi connectivity index (χ1) is 22.8. The average molecular weight is 641 g/mol. The summed E-state index contributed by atoms with van der Waals surface area (Å²) in [6.45, 7) is 6.23. The number of phenolic OH excluding ortho intramolecular Hbond substituents is 2. The quantitative estimate of drug-likeness (QED) is 0.165. The summed E-state index contributed by atoms with van der Waals surface area (Å²) in [5.41, 5.74) is 4.80. The molecule has 1 amide bonds. The van der Waals surface area contributed by atoms with Crippen molar-refractivity contribution < 1.29 is 28.9 Å². The second-order valence-corrected chi connectivity index (χ2v) is 12.4. The highest BCUT2D eigenvalue weighted by atomic mass is 19.1. The van der Waals surface area contributed by atoms with E-state index in [4.69, 9.17) is 9.47 Å². The Kier molecular flexibility index (Phi) is 10.3. The maximum Gasteiger partial charge on any atom is 0.257 e. The molecule has 4 aromatic rings. The maximum absolute atomic E-state index is 14.4. The number of aromatic nitrogens is 1. The minimum atomic E-state index is -0.625. The third-order valence-corrected chi connectivity index (χ3v) is 8.89. The summed E-state index contributed by atoms with van der Waals surface area (Å²) >= 11 is 0. The smallest absolute Gasteiger partial charge is 0.257 e. The fraction of sp³-hybridized carbons (Fsp3) is 0.351. The summed E-state index contributed by atoms with van der Waals surface area (Å²) in [5, 5.41) is 27.0. The second-order valence-electron chi connectivity index (χ2n) is 12.4. The lowest BCUT2D eigenvalue weighted by Gasteiger charge is -2.30. The molecule has 1 aliphatic heterocycles. The Bertz CT molecular complexity index is 1700. The van der Waals surface area contributed by atoms with Gasteiger partial charge in [0.2, 0.25) is 5.88 Å². The van der Waals surface area contributed by atoms with Gasteiger partial charge in [0.15, 0.2) is 0 Å². The van der Waals surface area contributed by atoms with E-state index in [1.54, 1.807) is 24.3 Å². The average Bonchev–Trinajstić information content (AvgIpc) is 3.07. The van der Waals surface area contributed by atoms with Crippen molar-refractivity contribution >= 4 is 5.91 Å². The van der Waals surface area contributed by atoms with Crippen LogP contribution in [0.4, 0.5) is 4.39 Å². The van der Waals surface area contributed by atoms with E-state index in [9.17, 15) is 19.4 Å². The number of nitrogens with zero attached hydrogens (tertiary/aromatic N) is 2. The third-order valence-electron chi connectivity index (χ3n) is 8.89. The molecule has 3 aromatic carbocycles. The van der Waals surface area contributed by atoms with Gasteiger partial charge in [0.1, 0.15) is 28.6 Å². The lowest BCUT2D eigenvalue weighted by molar-refractivity contribution is 0.0342. The number of hydrogen-bond donors (Lipinski definition) is 4. The zero-order valence-corrected chi connectivity index (χ0v) is 26.5. The number of benzene rings is 3. The largest absolute Gasteiger partial charge is 0.508 e. The van der Waals surface area contributed by atoms with Crippen LogP contribution in [0.1, 0.15) is 52.7 Å². The molecule has 0 unspecified atom stereocenters. The zero-order valence-electron chi connectivity index (χ0n) is 26.5. The van der Waals surface area contributed by atoms with Crippen molar-refractivity contribution in [1.82, 2.24) is 20.5 Å². The summed E-state index contributed by atoms with van der Waals surface area (Å²) in [4.78, 5) is 19.8. The first-order valence-electron chi connectivity index (χ1n) is 16.2. The number of carbonyl (C=O) groups is 1. The summed E-state index contributed by atoms with van der Waals surface area (Å²) in [6, 6.07) is 19.7. The van der Waals surface area contributed by atoms with E-state index in [1.807, 2.05) is 43.3 Å². The molecule has 2 fully saturated rings. The van der Waals surface area contributed by atoms with Gasteiger partial charge >= 0.3 is 0 Å². The molecule has 0 atom stereocenters. The molecule has 47 heavy (non-hydrogen) atoms. The Hall–Kier alpha value is -4.51. The van der Waals surface area contributed by atoms with Crippen LogP contribution in [0.25, 0.3) is 11.1 Å². The Morgan fingerprint density at radius 3 is 2.57 bits per heavy atom. The molecule has 246 valence electrons. The molecule has 2 heterocycles. The van der Waals surface area contributed by atoms with Crippen LogP contribution in [-0.2, 0) is 17.8 Å². The molecule has 9 nitrogen and oxygen atoms in total. The molecule has 0 spiro atoms. The van der Waals surface area contributed by atoms with Crippen LogP contribution in [0, 0.1) is 12.7 Å². The second kappa shape index (κ2) is 14.9. The van der Waals surface area contributed by atoms with Crippen LogP contribution in [-0.4, -0.2) is 64.4 Å². The number of aromatic hydroxyl groups is 2. The van der Waals surface area contributed by atoms with E-state index in [1.165, 1.54) is 0 Å². The molecule has 10 heteroatoms. The monoisotopic (exact) mass is 640 g/mol. The predicted octanol–water partition coefficient (Wildman–Crippen LogP) is 6.06. The molecule has 0 bridgehead atoms. The Morgan fingerprint density at radius 2 is 1.77 bits per heavy atom. The minimum Gasteiger partial charge on any atom is -0.508 e. The molecular formula is C37H41FN4O5. The van der Waals surface area contributed by atoms with Crippen molar-refractivity contribution in [1.29, 1.82) is 0 Å². The molecule has 6 rings (SSSR count). The number of aryl methyl sites for hydroxylation is 1. The highest BCUT2D eigenvalue weighted by molar-refractivity contribution is 5.96. The van der Waals surface area contributed by atoms with Crippen molar-refractivity contribution in [3.63, 3.8) is 0 Å². The third kappa shape index (κ3) is 8.45. The van der Waals surface area contributed by atoms with Crippen LogP contribution in [0.3, 0.4) is 0 Å². The number of rotatable bonds is 10. The number of pyridine rings is 1. The number of amides is 1. The van der Waals surface area contributed by atoms with E-state index in [0.29, 0.717) is 32.1 Å². The number of carbonyl (C=O) groups excluding carboxylic acids is 1. The predicted molar refractivity (Wildman–Crippen MR) is 177 cm³/mol. The van der Waals surface area contributed by atoms with Gasteiger partial charge in [-0.15, -0.1) is 0 Å². The van der Waals surface area contributed by atoms with Crippen LogP contribution < -0.4 is 15.4 Å². The Balaban J connectivity index is 1.10. The van der Waals surface area contributed by atoms with Gasteiger partial charge in [-0.3, -0.25) is 9.69 Å². The van der Waals surface area contributed by atoms with Gasteiger partial charge in [-0.2, -0.15) is 0 Å². The standard InChI is InChI=1S/C37H41FN4O5/c1-24-5-12-35(44)26(17-24)21-39-29-6-8-30(9-7-29)41-36(45)34-20-28(38)22-40-37(34)47-32-4-2-3-25(19-32)33-11-10-31(43)18-27(33)23-42-13-15-46-16-14-42/h2-5,10-12,17-20,22,29-30,39,43-44H,6-9,13-16,21,23H2,1H3,(H,41,45)/t29-,30+. The van der Waals surface area contributed by atoms with Crippen molar-refractivity contribution in [2.75, 3.05) is 26.3 Å². The van der Waals surface area contributed by atoms with Gasteiger partial charge in [-0.05, 0) is 85.7 Å². The molecule has 1 saturated carbocycles. The van der Waals surface area contributed by atoms with E-state index in [0.717, 1.165) is 78.9 Å². The summed E-state index contributed by atoms with van der Waals surface area (Å²) in [7, 11) is 0. The van der Waals surface area contributed by atoms with Crippen molar-refractivity contribution in [2.24, 2.45) is 0 Å². The highest BCUT2D eigenvalue weighted by Gasteiger charge is 2.25. The number of ether oxygens (including phenoxy) is 2. The molecule has 0 radical (unpaired) electrons. The fourth-order valence-electron chi connectivity index (χ4n) is 6.32. The summed E-state index contributed by atoms with van der Waals surface area (Å²) in [6.07, 6.45) is 4.30. The van der Waals surface area contributed by atoms with Crippen LogP contribution in [0.2, 0.25) is 0 Å². The topological polar surface area (TPSA) is 116 Å². The fourth-order valence-corrected chi connectivity index (χ4v) is 6.32. The van der Waals surface area contributed by atoms with Gasteiger partial charge in [-0.25, -0.2) is 9.37 Å². The van der Waals surface area contributed by atoms with E-state index < -0.39 is 11.7 Å². The normalized spacial score (nSPS) is 18.5. The number of nitrogens with one attached hydrogen (secondary N) is 2. The van der Waals surface area contributed by atoms with Gasteiger partial charge in [0, 0.05) is 43.8 Å². The Morgan fingerprint density at radius 1 is 0.979 bits per heavy atom. The van der Waals surface area contributed by atoms with Crippen molar-refractivity contribution in [3.8, 4) is 34.3 Å². The molecular weight excluding hydrogens is 599 g/mol. The van der Waals surface area contributed by atoms with Gasteiger partial charge in [-0.1, -0.05) is 35.9 Å². The molecule has 1 saturated heterocycles. The van der Waals surface area contributed by atoms with E-state index >= 15 is 0 Å². The van der Waals surface area contributed by atoms with Crippen LogP contribution in [0.5, 0.6) is 23.1 Å². The molecule has 1 aliphatic carbocycles. The highest BCUT2D eigenvalue weighted by Crippen LogP contribution is 2.33. The molecule has 4 N–H and O–H groups in total. The summed E-state index contributed by atoms with van der Waals surface area (Å²) < 4.78 is 25.9. The lowest BCUT2D eigenvalue weighted by atomic mass is 9.90. The number of phenols is 2. The number of hydrogen-bond acceptors (Lipinski definition) is 8. The summed E-state index contributed by atoms with van der Waals surface area (Å²) in [5.74, 6) is -0.105. The van der Waals surface area contributed by atoms with Gasteiger partial charge in [0.05, 0.1) is 19.4 Å². The Labute approximate surface area is 274 Å². The zero-order chi connectivity index (χ0) is 32.8. The first-order valence-corrected chi connectivity index (χ1v) is 16.2. The number of halogens is 1. The van der Waals surface area contributed by atoms with E-state index in [2.05, 4.69) is 20.5 Å². The molecule has 1 aromatic heterocycles. The van der Waals surface area contributed by atoms with Crippen molar-refractivity contribution in [3.05, 3.63) is 101 Å². The number of morpholine rings is 1. The first kappa shape index (κ1) is 32.4. The van der Waals surface area contributed by atoms with Gasteiger partial charge in [0.25, 0.3) is 5.91 Å². The van der Waals surface area contributed by atoms with Crippen molar-refractivity contribution in [2.45, 2.75) is 57.8 Å². The van der Waals surface area contributed by atoms with E-state index in [-0.39, 0.29) is 35.0 Å². The van der Waals surface area contributed by atoms with Crippen LogP contribution >= 0.6 is 0 Å². The minimum absolute atomic E-state index is 0.0219. The SMILES string of the molecule is Cc1ccc(O)c(CN[C@H]2CC[C@@H](NC(=O)c3cc(F)cnc3Oc3cccc(-c4ccc(O)cc4CN4CCOCC4)c3)CC2)c1. The van der Waals surface area contributed by atoms with Gasteiger partial charge < -0.3 is 30.3 Å². The lowest BCUT2D eigenvalue weighted by Crippen LogP contribution is -2.42. The maximum atomic E-state index is 14.4. The van der Waals surface area contributed by atoms with Crippen LogP contribution in [0.15, 0.2) is 72.9 Å². The molecule has 2 aliphatic rings.